The SMILES string of the molecule is CCCCOC(=O)N1CC=C(c2c(Cl)c(Nc3nc(C)cc(NC)n3)cc3c2OCO3)CCC1. The molecule has 4 rings (SSSR count). The van der Waals surface area contributed by atoms with Crippen LogP contribution in [0, 0.1) is 6.92 Å². The van der Waals surface area contributed by atoms with Gasteiger partial charge in [-0.3, -0.25) is 0 Å². The fourth-order valence-corrected chi connectivity index (χ4v) is 4.24. The second-order valence-electron chi connectivity index (χ2n) is 8.19. The van der Waals surface area contributed by atoms with Gasteiger partial charge in [-0.05, 0) is 31.8 Å². The predicted molar refractivity (Wildman–Crippen MR) is 132 cm³/mol. The van der Waals surface area contributed by atoms with Crippen LogP contribution >= 0.6 is 11.6 Å². The number of anilines is 3. The predicted octanol–water partition coefficient (Wildman–Crippen LogP) is 5.37. The van der Waals surface area contributed by atoms with Gasteiger partial charge in [0.05, 0.1) is 17.3 Å². The van der Waals surface area contributed by atoms with E-state index in [0.29, 0.717) is 53.7 Å². The number of nitrogens with one attached hydrogen (secondary N) is 2. The number of hydrogen-bond donors (Lipinski definition) is 2. The normalized spacial score (nSPS) is 14.9. The zero-order chi connectivity index (χ0) is 24.1. The monoisotopic (exact) mass is 487 g/mol. The van der Waals surface area contributed by atoms with Gasteiger partial charge in [-0.2, -0.15) is 4.98 Å². The van der Waals surface area contributed by atoms with Crippen molar-refractivity contribution in [3.8, 4) is 11.5 Å². The number of hydrogen-bond acceptors (Lipinski definition) is 8. The Bertz CT molecular complexity index is 1090. The lowest BCUT2D eigenvalue weighted by Gasteiger charge is -2.18. The highest BCUT2D eigenvalue weighted by molar-refractivity contribution is 6.35. The Morgan fingerprint density at radius 1 is 1.29 bits per heavy atom. The molecule has 0 fully saturated rings. The van der Waals surface area contributed by atoms with Crippen LogP contribution in [-0.4, -0.2) is 54.5 Å². The third-order valence-electron chi connectivity index (χ3n) is 5.69. The Balaban J connectivity index is 1.62. The molecule has 182 valence electrons. The first kappa shape index (κ1) is 23.9. The molecule has 10 heteroatoms. The molecule has 3 heterocycles. The van der Waals surface area contributed by atoms with Crippen molar-refractivity contribution in [1.29, 1.82) is 0 Å². The lowest BCUT2D eigenvalue weighted by Crippen LogP contribution is -2.32. The molecule has 0 radical (unpaired) electrons. The molecule has 1 amide bonds. The van der Waals surface area contributed by atoms with Crippen molar-refractivity contribution >= 4 is 40.7 Å². The maximum absolute atomic E-state index is 12.4. The number of halogens is 1. The number of nitrogens with zero attached hydrogens (tertiary/aromatic N) is 3. The maximum Gasteiger partial charge on any atom is 0.410 e. The highest BCUT2D eigenvalue weighted by Crippen LogP contribution is 2.48. The molecule has 2 N–H and O–H groups in total. The van der Waals surface area contributed by atoms with Gasteiger partial charge in [0.25, 0.3) is 0 Å². The number of benzene rings is 1. The van der Waals surface area contributed by atoms with E-state index in [1.165, 1.54) is 0 Å². The molecule has 9 nitrogen and oxygen atoms in total. The molecule has 1 aromatic carbocycles. The summed E-state index contributed by atoms with van der Waals surface area (Å²) in [5, 5.41) is 6.75. The van der Waals surface area contributed by atoms with Gasteiger partial charge >= 0.3 is 6.09 Å². The Kier molecular flexibility index (Phi) is 7.62. The number of amides is 1. The summed E-state index contributed by atoms with van der Waals surface area (Å²) in [4.78, 5) is 23.1. The van der Waals surface area contributed by atoms with E-state index < -0.39 is 0 Å². The van der Waals surface area contributed by atoms with Gasteiger partial charge < -0.3 is 29.7 Å². The van der Waals surface area contributed by atoms with Crippen LogP contribution in [0.4, 0.5) is 22.2 Å². The lowest BCUT2D eigenvalue weighted by molar-refractivity contribution is 0.105. The topological polar surface area (TPSA) is 97.8 Å². The van der Waals surface area contributed by atoms with Gasteiger partial charge in [0.15, 0.2) is 11.5 Å². The van der Waals surface area contributed by atoms with E-state index in [1.54, 1.807) is 18.0 Å². The molecule has 2 aromatic rings. The first-order chi connectivity index (χ1) is 16.5. The smallest absolute Gasteiger partial charge is 0.410 e. The van der Waals surface area contributed by atoms with Crippen LogP contribution < -0.4 is 20.1 Å². The molecule has 0 saturated carbocycles. The summed E-state index contributed by atoms with van der Waals surface area (Å²) in [6.07, 6.45) is 5.10. The summed E-state index contributed by atoms with van der Waals surface area (Å²) in [6.45, 7) is 5.58. The molecule has 0 aliphatic carbocycles. The highest BCUT2D eigenvalue weighted by atomic mass is 35.5. The molecule has 2 aliphatic rings. The zero-order valence-electron chi connectivity index (χ0n) is 19.7. The Labute approximate surface area is 204 Å². The molecule has 34 heavy (non-hydrogen) atoms. The first-order valence-electron chi connectivity index (χ1n) is 11.5. The number of allylic oxidation sites excluding steroid dienone is 1. The first-order valence-corrected chi connectivity index (χ1v) is 11.9. The van der Waals surface area contributed by atoms with Crippen LogP contribution in [0.15, 0.2) is 18.2 Å². The van der Waals surface area contributed by atoms with Crippen molar-refractivity contribution in [2.75, 3.05) is 44.2 Å². The lowest BCUT2D eigenvalue weighted by atomic mass is 9.99. The van der Waals surface area contributed by atoms with Gasteiger partial charge in [0.1, 0.15) is 5.82 Å². The number of aryl methyl sites for hydroxylation is 1. The molecular weight excluding hydrogens is 458 g/mol. The number of carbonyl (C=O) groups is 1. The maximum atomic E-state index is 12.4. The van der Waals surface area contributed by atoms with Gasteiger partial charge in [0, 0.05) is 43.5 Å². The molecule has 2 aliphatic heterocycles. The number of rotatable bonds is 7. The number of unbranched alkanes of at least 4 members (excludes halogenated alkanes) is 1. The fourth-order valence-electron chi connectivity index (χ4n) is 3.93. The average Bonchev–Trinajstić information content (AvgIpc) is 3.14. The summed E-state index contributed by atoms with van der Waals surface area (Å²) in [5.74, 6) is 2.34. The van der Waals surface area contributed by atoms with Crippen molar-refractivity contribution in [1.82, 2.24) is 14.9 Å². The van der Waals surface area contributed by atoms with Crippen molar-refractivity contribution < 1.29 is 19.0 Å². The molecule has 0 unspecified atom stereocenters. The van der Waals surface area contributed by atoms with E-state index in [4.69, 9.17) is 25.8 Å². The van der Waals surface area contributed by atoms with Crippen molar-refractivity contribution in [2.45, 2.75) is 39.5 Å². The van der Waals surface area contributed by atoms with Crippen LogP contribution in [0.1, 0.15) is 43.9 Å². The quantitative estimate of drug-likeness (QED) is 0.503. The van der Waals surface area contributed by atoms with E-state index in [9.17, 15) is 4.79 Å². The Hall–Kier alpha value is -3.20. The molecule has 0 bridgehead atoms. The van der Waals surface area contributed by atoms with Crippen molar-refractivity contribution in [3.05, 3.63) is 34.5 Å². The molecule has 0 spiro atoms. The van der Waals surface area contributed by atoms with E-state index in [1.807, 2.05) is 19.1 Å². The third-order valence-corrected chi connectivity index (χ3v) is 6.08. The minimum Gasteiger partial charge on any atom is -0.453 e. The Morgan fingerprint density at radius 2 is 2.15 bits per heavy atom. The van der Waals surface area contributed by atoms with Gasteiger partial charge in [-0.25, -0.2) is 9.78 Å². The summed E-state index contributed by atoms with van der Waals surface area (Å²) in [7, 11) is 1.80. The molecule has 0 atom stereocenters. The molecular formula is C24H30ClN5O4. The van der Waals surface area contributed by atoms with Gasteiger partial charge in [0.2, 0.25) is 12.7 Å². The van der Waals surface area contributed by atoms with Crippen LogP contribution in [0.2, 0.25) is 5.02 Å². The summed E-state index contributed by atoms with van der Waals surface area (Å²) in [5.41, 5.74) is 3.20. The van der Waals surface area contributed by atoms with Crippen molar-refractivity contribution in [2.24, 2.45) is 0 Å². The minimum atomic E-state index is -0.283. The zero-order valence-corrected chi connectivity index (χ0v) is 20.5. The fraction of sp³-hybridized carbons (Fsp3) is 0.458. The highest BCUT2D eigenvalue weighted by Gasteiger charge is 2.28. The summed E-state index contributed by atoms with van der Waals surface area (Å²) >= 11 is 6.91. The second kappa shape index (κ2) is 10.8. The van der Waals surface area contributed by atoms with E-state index in [0.717, 1.165) is 42.5 Å². The minimum absolute atomic E-state index is 0.121. The standard InChI is InChI=1S/C24H30ClN5O4/c1-4-5-11-32-24(31)30-9-6-7-16(8-10-30)20-21(25)17(13-18-22(20)34-14-33-18)28-23-27-15(2)12-19(26-3)29-23/h8,12-13H,4-7,9-11,14H2,1-3H3,(H2,26,27,28,29). The largest absolute Gasteiger partial charge is 0.453 e. The van der Waals surface area contributed by atoms with E-state index >= 15 is 0 Å². The van der Waals surface area contributed by atoms with Gasteiger partial charge in [-0.15, -0.1) is 0 Å². The number of fused-ring (bicyclic) bond motifs is 1. The van der Waals surface area contributed by atoms with E-state index in [-0.39, 0.29) is 12.9 Å². The average molecular weight is 488 g/mol. The third kappa shape index (κ3) is 5.30. The summed E-state index contributed by atoms with van der Waals surface area (Å²) < 4.78 is 16.9. The van der Waals surface area contributed by atoms with Crippen LogP contribution in [0.5, 0.6) is 11.5 Å². The number of carbonyl (C=O) groups excluding carboxylic acids is 1. The van der Waals surface area contributed by atoms with E-state index in [2.05, 4.69) is 27.5 Å². The molecule has 1 aromatic heterocycles. The van der Waals surface area contributed by atoms with Crippen LogP contribution in [0.3, 0.4) is 0 Å². The Morgan fingerprint density at radius 3 is 2.94 bits per heavy atom. The van der Waals surface area contributed by atoms with Crippen LogP contribution in [-0.2, 0) is 4.74 Å². The summed E-state index contributed by atoms with van der Waals surface area (Å²) in [6, 6.07) is 3.65. The number of aromatic nitrogens is 2. The van der Waals surface area contributed by atoms with Crippen LogP contribution in [0.25, 0.3) is 5.57 Å². The van der Waals surface area contributed by atoms with Crippen molar-refractivity contribution in [3.63, 3.8) is 0 Å². The number of ether oxygens (including phenoxy) is 3. The molecule has 0 saturated heterocycles. The second-order valence-corrected chi connectivity index (χ2v) is 8.56. The van der Waals surface area contributed by atoms with Gasteiger partial charge in [-0.1, -0.05) is 31.0 Å².